The Morgan fingerprint density at radius 3 is 2.85 bits per heavy atom. The van der Waals surface area contributed by atoms with Crippen LogP contribution in [0.4, 0.5) is 5.00 Å². The minimum absolute atomic E-state index is 0.385. The number of benzene rings is 1. The van der Waals surface area contributed by atoms with E-state index in [1.54, 1.807) is 25.3 Å². The molecule has 5 nitrogen and oxygen atoms in total. The van der Waals surface area contributed by atoms with E-state index in [1.165, 1.54) is 11.3 Å². The molecule has 3 rings (SSSR count). The van der Waals surface area contributed by atoms with Gasteiger partial charge < -0.3 is 15.0 Å². The van der Waals surface area contributed by atoms with E-state index < -0.39 is 0 Å². The zero-order valence-corrected chi connectivity index (χ0v) is 12.0. The van der Waals surface area contributed by atoms with Crippen LogP contribution in [0.25, 0.3) is 22.8 Å². The van der Waals surface area contributed by atoms with E-state index in [9.17, 15) is 0 Å². The monoisotopic (exact) mass is 307 g/mol. The summed E-state index contributed by atoms with van der Waals surface area (Å²) in [6.07, 6.45) is 0. The van der Waals surface area contributed by atoms with E-state index in [2.05, 4.69) is 10.1 Å². The maximum atomic E-state index is 5.93. The Balaban J connectivity index is 2.05. The topological polar surface area (TPSA) is 74.2 Å². The molecule has 3 aromatic rings. The second kappa shape index (κ2) is 5.15. The highest BCUT2D eigenvalue weighted by molar-refractivity contribution is 7.14. The molecule has 0 saturated heterocycles. The quantitative estimate of drug-likeness (QED) is 0.798. The maximum Gasteiger partial charge on any atom is 0.261 e. The van der Waals surface area contributed by atoms with Crippen molar-refractivity contribution in [1.82, 2.24) is 10.1 Å². The second-order valence-electron chi connectivity index (χ2n) is 3.97. The molecule has 0 unspecified atom stereocenters. The fourth-order valence-corrected chi connectivity index (χ4v) is 2.58. The minimum atomic E-state index is 0.385. The fraction of sp³-hybridized carbons (Fsp3) is 0.0769. The summed E-state index contributed by atoms with van der Waals surface area (Å²) in [5.74, 6) is 1.40. The number of nitrogen functional groups attached to an aromatic ring is 1. The molecule has 2 heterocycles. The molecular weight excluding hydrogens is 298 g/mol. The summed E-state index contributed by atoms with van der Waals surface area (Å²) in [5, 5.41) is 7.06. The first kappa shape index (κ1) is 13.0. The van der Waals surface area contributed by atoms with Crippen LogP contribution in [0.1, 0.15) is 0 Å². The Morgan fingerprint density at radius 2 is 2.15 bits per heavy atom. The molecule has 20 heavy (non-hydrogen) atoms. The summed E-state index contributed by atoms with van der Waals surface area (Å²) in [6.45, 7) is 0. The molecule has 0 aliphatic carbocycles. The lowest BCUT2D eigenvalue weighted by Crippen LogP contribution is -1.89. The summed E-state index contributed by atoms with van der Waals surface area (Å²) in [5.41, 5.74) is 7.29. The van der Waals surface area contributed by atoms with Gasteiger partial charge in [-0.25, -0.2) is 0 Å². The lowest BCUT2D eigenvalue weighted by Gasteiger charge is -2.04. The van der Waals surface area contributed by atoms with Gasteiger partial charge in [-0.15, -0.1) is 11.3 Å². The van der Waals surface area contributed by atoms with Gasteiger partial charge in [0.1, 0.15) is 5.75 Å². The van der Waals surface area contributed by atoms with Gasteiger partial charge in [0, 0.05) is 5.02 Å². The molecule has 0 radical (unpaired) electrons. The van der Waals surface area contributed by atoms with Gasteiger partial charge in [0.25, 0.3) is 5.89 Å². The average molecular weight is 308 g/mol. The molecule has 0 atom stereocenters. The predicted molar refractivity (Wildman–Crippen MR) is 79.0 cm³/mol. The highest BCUT2D eigenvalue weighted by Crippen LogP contribution is 2.34. The highest BCUT2D eigenvalue weighted by atomic mass is 35.5. The molecule has 2 N–H and O–H groups in total. The Hall–Kier alpha value is -2.05. The molecule has 0 saturated carbocycles. The smallest absolute Gasteiger partial charge is 0.261 e. The van der Waals surface area contributed by atoms with Gasteiger partial charge >= 0.3 is 0 Å². The Labute approximate surface area is 123 Å². The molecular formula is C13H10ClN3O2S. The van der Waals surface area contributed by atoms with E-state index >= 15 is 0 Å². The number of nitrogens with two attached hydrogens (primary N) is 1. The van der Waals surface area contributed by atoms with E-state index in [-0.39, 0.29) is 0 Å². The minimum Gasteiger partial charge on any atom is -0.496 e. The second-order valence-corrected chi connectivity index (χ2v) is 5.35. The molecule has 0 aliphatic heterocycles. The third kappa shape index (κ3) is 2.23. The summed E-state index contributed by atoms with van der Waals surface area (Å²) in [6, 6.07) is 7.07. The summed E-state index contributed by atoms with van der Waals surface area (Å²) >= 11 is 7.35. The van der Waals surface area contributed by atoms with Crippen LogP contribution in [-0.4, -0.2) is 17.3 Å². The van der Waals surface area contributed by atoms with Crippen LogP contribution in [0.5, 0.6) is 5.75 Å². The highest BCUT2D eigenvalue weighted by Gasteiger charge is 2.16. The summed E-state index contributed by atoms with van der Waals surface area (Å²) in [7, 11) is 1.56. The van der Waals surface area contributed by atoms with Gasteiger partial charge in [0.05, 0.1) is 23.2 Å². The first-order chi connectivity index (χ1) is 9.69. The normalized spacial score (nSPS) is 10.7. The van der Waals surface area contributed by atoms with Gasteiger partial charge in [-0.2, -0.15) is 4.98 Å². The molecule has 0 spiro atoms. The molecule has 102 valence electrons. The van der Waals surface area contributed by atoms with Crippen molar-refractivity contribution in [2.24, 2.45) is 0 Å². The number of ether oxygens (including phenoxy) is 1. The molecule has 1 aromatic carbocycles. The van der Waals surface area contributed by atoms with E-state index in [1.807, 2.05) is 11.4 Å². The standard InChI is InChI=1S/C13H10ClN3O2S/c1-18-10-6-7(14)2-3-8(10)12-16-13(19-17-12)9-4-5-20-11(9)15/h2-6H,15H2,1H3. The van der Waals surface area contributed by atoms with Crippen LogP contribution in [0.3, 0.4) is 0 Å². The number of hydrogen-bond acceptors (Lipinski definition) is 6. The molecule has 0 aliphatic rings. The molecule has 0 amide bonds. The SMILES string of the molecule is COc1cc(Cl)ccc1-c1noc(-c2ccsc2N)n1. The van der Waals surface area contributed by atoms with Crippen molar-refractivity contribution in [2.75, 3.05) is 12.8 Å². The van der Waals surface area contributed by atoms with Crippen LogP contribution >= 0.6 is 22.9 Å². The van der Waals surface area contributed by atoms with Crippen molar-refractivity contribution >= 4 is 27.9 Å². The van der Waals surface area contributed by atoms with Gasteiger partial charge in [-0.3, -0.25) is 0 Å². The number of thiophene rings is 1. The van der Waals surface area contributed by atoms with Crippen molar-refractivity contribution < 1.29 is 9.26 Å². The molecule has 7 heteroatoms. The number of hydrogen-bond donors (Lipinski definition) is 1. The van der Waals surface area contributed by atoms with E-state index in [0.717, 1.165) is 5.56 Å². The van der Waals surface area contributed by atoms with Crippen LogP contribution in [0, 0.1) is 0 Å². The predicted octanol–water partition coefficient (Wildman–Crippen LogP) is 3.71. The Kier molecular flexibility index (Phi) is 3.33. The lowest BCUT2D eigenvalue weighted by molar-refractivity contribution is 0.413. The maximum absolute atomic E-state index is 5.93. The number of anilines is 1. The summed E-state index contributed by atoms with van der Waals surface area (Å²) < 4.78 is 10.5. The summed E-state index contributed by atoms with van der Waals surface area (Å²) in [4.78, 5) is 4.35. The first-order valence-electron chi connectivity index (χ1n) is 5.70. The van der Waals surface area contributed by atoms with Crippen LogP contribution in [0.2, 0.25) is 5.02 Å². The number of halogens is 1. The third-order valence-electron chi connectivity index (χ3n) is 2.76. The third-order valence-corrected chi connectivity index (χ3v) is 3.74. The zero-order valence-electron chi connectivity index (χ0n) is 10.5. The van der Waals surface area contributed by atoms with Crippen LogP contribution in [-0.2, 0) is 0 Å². The molecule has 0 bridgehead atoms. The number of methoxy groups -OCH3 is 1. The zero-order chi connectivity index (χ0) is 14.1. The fourth-order valence-electron chi connectivity index (χ4n) is 1.79. The van der Waals surface area contributed by atoms with Gasteiger partial charge in [-0.1, -0.05) is 16.8 Å². The largest absolute Gasteiger partial charge is 0.496 e. The Bertz CT molecular complexity index is 754. The van der Waals surface area contributed by atoms with Gasteiger partial charge in [0.2, 0.25) is 5.82 Å². The first-order valence-corrected chi connectivity index (χ1v) is 6.96. The van der Waals surface area contributed by atoms with Crippen molar-refractivity contribution in [1.29, 1.82) is 0 Å². The molecule has 2 aromatic heterocycles. The van der Waals surface area contributed by atoms with Crippen molar-refractivity contribution in [3.63, 3.8) is 0 Å². The average Bonchev–Trinajstić information content (AvgIpc) is 3.07. The van der Waals surface area contributed by atoms with Crippen LogP contribution in [0.15, 0.2) is 34.2 Å². The van der Waals surface area contributed by atoms with Gasteiger partial charge in [0.15, 0.2) is 0 Å². The van der Waals surface area contributed by atoms with Crippen LogP contribution < -0.4 is 10.5 Å². The van der Waals surface area contributed by atoms with Crippen molar-refractivity contribution in [2.45, 2.75) is 0 Å². The van der Waals surface area contributed by atoms with Crippen molar-refractivity contribution in [3.8, 4) is 28.6 Å². The number of nitrogens with zero attached hydrogens (tertiary/aromatic N) is 2. The van der Waals surface area contributed by atoms with E-state index in [0.29, 0.717) is 33.1 Å². The molecule has 0 fully saturated rings. The van der Waals surface area contributed by atoms with Gasteiger partial charge in [-0.05, 0) is 29.6 Å². The van der Waals surface area contributed by atoms with Crippen molar-refractivity contribution in [3.05, 3.63) is 34.7 Å². The number of rotatable bonds is 3. The number of aromatic nitrogens is 2. The Morgan fingerprint density at radius 1 is 1.30 bits per heavy atom. The van der Waals surface area contributed by atoms with E-state index in [4.69, 9.17) is 26.6 Å². The lowest BCUT2D eigenvalue weighted by atomic mass is 10.2.